The van der Waals surface area contributed by atoms with E-state index in [0.717, 1.165) is 24.5 Å². The minimum Gasteiger partial charge on any atom is -0.495 e. The summed E-state index contributed by atoms with van der Waals surface area (Å²) >= 11 is 0. The molecule has 10 heteroatoms. The molecule has 0 unspecified atom stereocenters. The van der Waals surface area contributed by atoms with E-state index < -0.39 is 10.0 Å². The largest absolute Gasteiger partial charge is 0.495 e. The molecule has 9 nitrogen and oxygen atoms in total. The predicted octanol–water partition coefficient (Wildman–Crippen LogP) is 2.36. The molecular formula is C24H31N3O6S. The second kappa shape index (κ2) is 10.4. The Balaban J connectivity index is 1.32. The Hall–Kier alpha value is -3.14. The number of hydrogen-bond acceptors (Lipinski definition) is 7. The smallest absolute Gasteiger partial charge is 0.232 e. The molecule has 0 atom stereocenters. The van der Waals surface area contributed by atoms with Gasteiger partial charge in [0.1, 0.15) is 19.0 Å². The molecule has 0 bridgehead atoms. The van der Waals surface area contributed by atoms with Crippen molar-refractivity contribution in [1.82, 2.24) is 4.90 Å². The van der Waals surface area contributed by atoms with Crippen LogP contribution >= 0.6 is 0 Å². The van der Waals surface area contributed by atoms with Crippen LogP contribution in [0.15, 0.2) is 42.5 Å². The Morgan fingerprint density at radius 3 is 2.44 bits per heavy atom. The van der Waals surface area contributed by atoms with Crippen LogP contribution in [0.3, 0.4) is 0 Å². The highest BCUT2D eigenvalue weighted by molar-refractivity contribution is 7.92. The van der Waals surface area contributed by atoms with E-state index in [4.69, 9.17) is 14.2 Å². The summed E-state index contributed by atoms with van der Waals surface area (Å²) < 4.78 is 42.8. The molecule has 0 spiro atoms. The third-order valence-corrected chi connectivity index (χ3v) is 7.22. The number of methoxy groups -OCH3 is 1. The van der Waals surface area contributed by atoms with Gasteiger partial charge in [0.25, 0.3) is 0 Å². The molecule has 0 aliphatic carbocycles. The number of para-hydroxylation sites is 2. The zero-order valence-electron chi connectivity index (χ0n) is 19.6. The number of rotatable bonds is 8. The highest BCUT2D eigenvalue weighted by Gasteiger charge is 2.24. The van der Waals surface area contributed by atoms with Crippen molar-refractivity contribution in [1.29, 1.82) is 0 Å². The molecule has 2 aliphatic heterocycles. The van der Waals surface area contributed by atoms with Gasteiger partial charge in [-0.15, -0.1) is 0 Å². The van der Waals surface area contributed by atoms with Crippen LogP contribution < -0.4 is 23.4 Å². The average Bonchev–Trinajstić information content (AvgIpc) is 2.85. The van der Waals surface area contributed by atoms with Gasteiger partial charge in [-0.3, -0.25) is 9.10 Å². The topological polar surface area (TPSA) is 88.6 Å². The average molecular weight is 490 g/mol. The number of nitrogens with zero attached hydrogens (tertiary/aromatic N) is 3. The number of ether oxygens (including phenoxy) is 3. The van der Waals surface area contributed by atoms with Crippen LogP contribution in [-0.2, 0) is 14.8 Å². The van der Waals surface area contributed by atoms with Gasteiger partial charge in [0.15, 0.2) is 11.5 Å². The van der Waals surface area contributed by atoms with Gasteiger partial charge in [-0.1, -0.05) is 12.1 Å². The summed E-state index contributed by atoms with van der Waals surface area (Å²) in [6, 6.07) is 13.0. The van der Waals surface area contributed by atoms with Crippen molar-refractivity contribution in [2.45, 2.75) is 12.8 Å². The van der Waals surface area contributed by atoms with Crippen molar-refractivity contribution < 1.29 is 27.4 Å². The van der Waals surface area contributed by atoms with E-state index in [0.29, 0.717) is 49.9 Å². The maximum absolute atomic E-state index is 12.8. The molecule has 2 aliphatic rings. The van der Waals surface area contributed by atoms with Crippen LogP contribution in [0.2, 0.25) is 0 Å². The van der Waals surface area contributed by atoms with Gasteiger partial charge in [0.2, 0.25) is 15.9 Å². The van der Waals surface area contributed by atoms with E-state index in [1.165, 1.54) is 10.6 Å². The number of anilines is 2. The fourth-order valence-corrected chi connectivity index (χ4v) is 5.25. The van der Waals surface area contributed by atoms with Crippen LogP contribution in [0, 0.1) is 0 Å². The van der Waals surface area contributed by atoms with Crippen LogP contribution in [0.5, 0.6) is 17.2 Å². The molecule has 1 amide bonds. The fraction of sp³-hybridized carbons (Fsp3) is 0.458. The maximum atomic E-state index is 12.8. The highest BCUT2D eigenvalue weighted by atomic mass is 32.2. The molecule has 1 saturated heterocycles. The summed E-state index contributed by atoms with van der Waals surface area (Å²) in [5.74, 6) is 1.99. The van der Waals surface area contributed by atoms with Crippen LogP contribution in [0.1, 0.15) is 12.8 Å². The number of fused-ring (bicyclic) bond motifs is 1. The first kappa shape index (κ1) is 24.0. The van der Waals surface area contributed by atoms with Crippen LogP contribution in [-0.4, -0.2) is 78.5 Å². The van der Waals surface area contributed by atoms with Gasteiger partial charge in [-0.05, 0) is 30.7 Å². The van der Waals surface area contributed by atoms with Gasteiger partial charge >= 0.3 is 0 Å². The number of carbonyl (C=O) groups is 1. The van der Waals surface area contributed by atoms with Gasteiger partial charge < -0.3 is 24.0 Å². The molecule has 0 N–H and O–H groups in total. The Bertz CT molecular complexity index is 1120. The molecule has 184 valence electrons. The number of sulfonamides is 1. The first-order valence-corrected chi connectivity index (χ1v) is 13.2. The minimum atomic E-state index is -3.52. The Labute approximate surface area is 200 Å². The molecule has 2 aromatic carbocycles. The third-order valence-electron chi connectivity index (χ3n) is 6.02. The molecule has 0 aromatic heterocycles. The van der Waals surface area contributed by atoms with E-state index in [2.05, 4.69) is 4.90 Å². The number of hydrogen-bond donors (Lipinski definition) is 0. The molecule has 1 fully saturated rings. The van der Waals surface area contributed by atoms with Gasteiger partial charge in [0.05, 0.1) is 24.7 Å². The van der Waals surface area contributed by atoms with Crippen LogP contribution in [0.4, 0.5) is 11.4 Å². The van der Waals surface area contributed by atoms with Crippen molar-refractivity contribution in [2.75, 3.05) is 68.5 Å². The summed E-state index contributed by atoms with van der Waals surface area (Å²) in [7, 11) is -1.86. The third kappa shape index (κ3) is 5.49. The molecule has 0 radical (unpaired) electrons. The van der Waals surface area contributed by atoms with E-state index in [-0.39, 0.29) is 18.9 Å². The molecular weight excluding hydrogens is 458 g/mol. The summed E-state index contributed by atoms with van der Waals surface area (Å²) in [6.07, 6.45) is 1.88. The molecule has 2 heterocycles. The first-order chi connectivity index (χ1) is 16.4. The zero-order chi connectivity index (χ0) is 24.1. The van der Waals surface area contributed by atoms with Crippen LogP contribution in [0.25, 0.3) is 0 Å². The van der Waals surface area contributed by atoms with Crippen molar-refractivity contribution in [3.63, 3.8) is 0 Å². The van der Waals surface area contributed by atoms with E-state index in [1.54, 1.807) is 25.3 Å². The monoisotopic (exact) mass is 489 g/mol. The second-order valence-corrected chi connectivity index (χ2v) is 10.2. The Morgan fingerprint density at radius 1 is 1.03 bits per heavy atom. The Morgan fingerprint density at radius 2 is 1.74 bits per heavy atom. The lowest BCUT2D eigenvalue weighted by atomic mass is 10.2. The van der Waals surface area contributed by atoms with Gasteiger partial charge in [-0.2, -0.15) is 0 Å². The van der Waals surface area contributed by atoms with E-state index in [1.807, 2.05) is 29.2 Å². The summed E-state index contributed by atoms with van der Waals surface area (Å²) in [5, 5.41) is 0. The number of benzene rings is 2. The number of carbonyl (C=O) groups excluding carboxylic acids is 1. The molecule has 4 rings (SSSR count). The molecule has 0 saturated carbocycles. The second-order valence-electron chi connectivity index (χ2n) is 8.31. The SMILES string of the molecule is COc1ccccc1N1CCN(C(=O)CCCN(c2ccc3c(c2)OCCO3)S(C)(=O)=O)CC1. The number of piperazine rings is 1. The lowest BCUT2D eigenvalue weighted by Crippen LogP contribution is -2.49. The first-order valence-electron chi connectivity index (χ1n) is 11.4. The molecule has 2 aromatic rings. The van der Waals surface area contributed by atoms with Gasteiger partial charge in [-0.25, -0.2) is 8.42 Å². The van der Waals surface area contributed by atoms with Crippen molar-refractivity contribution in [3.8, 4) is 17.2 Å². The number of amides is 1. The summed E-state index contributed by atoms with van der Waals surface area (Å²) in [5.41, 5.74) is 1.53. The van der Waals surface area contributed by atoms with Crippen molar-refractivity contribution in [2.24, 2.45) is 0 Å². The maximum Gasteiger partial charge on any atom is 0.232 e. The van der Waals surface area contributed by atoms with E-state index >= 15 is 0 Å². The van der Waals surface area contributed by atoms with Crippen molar-refractivity contribution in [3.05, 3.63) is 42.5 Å². The van der Waals surface area contributed by atoms with E-state index in [9.17, 15) is 13.2 Å². The minimum absolute atomic E-state index is 0.0373. The zero-order valence-corrected chi connectivity index (χ0v) is 20.4. The predicted molar refractivity (Wildman–Crippen MR) is 131 cm³/mol. The fourth-order valence-electron chi connectivity index (χ4n) is 4.29. The quantitative estimate of drug-likeness (QED) is 0.562. The van der Waals surface area contributed by atoms with Crippen molar-refractivity contribution >= 4 is 27.3 Å². The normalized spacial score (nSPS) is 15.7. The van der Waals surface area contributed by atoms with Gasteiger partial charge in [0, 0.05) is 45.2 Å². The summed E-state index contributed by atoms with van der Waals surface area (Å²) in [4.78, 5) is 16.9. The Kier molecular flexibility index (Phi) is 7.35. The lowest BCUT2D eigenvalue weighted by molar-refractivity contribution is -0.131. The highest BCUT2D eigenvalue weighted by Crippen LogP contribution is 2.35. The lowest BCUT2D eigenvalue weighted by Gasteiger charge is -2.36. The standard InChI is InChI=1S/C24H31N3O6S/c1-31-21-7-4-3-6-20(21)25-12-14-26(15-13-25)24(28)8-5-11-27(34(2,29)30)19-9-10-22-23(18-19)33-17-16-32-22/h3-4,6-7,9-10,18H,5,8,11-17H2,1-2H3. The summed E-state index contributed by atoms with van der Waals surface area (Å²) in [6.45, 7) is 3.79. The molecule has 34 heavy (non-hydrogen) atoms.